The fourth-order valence-electron chi connectivity index (χ4n) is 3.17. The Bertz CT molecular complexity index is 1180. The van der Waals surface area contributed by atoms with Crippen molar-refractivity contribution in [2.24, 2.45) is 0 Å². The predicted molar refractivity (Wildman–Crippen MR) is 123 cm³/mol. The number of aromatic hydroxyl groups is 2. The van der Waals surface area contributed by atoms with E-state index in [2.05, 4.69) is 10.1 Å². The predicted octanol–water partition coefficient (Wildman–Crippen LogP) is 4.87. The van der Waals surface area contributed by atoms with Crippen LogP contribution in [0.1, 0.15) is 22.4 Å². The van der Waals surface area contributed by atoms with Crippen LogP contribution >= 0.6 is 12.4 Å². The van der Waals surface area contributed by atoms with Crippen LogP contribution < -0.4 is 4.74 Å². The van der Waals surface area contributed by atoms with E-state index in [4.69, 9.17) is 4.74 Å². The third kappa shape index (κ3) is 4.87. The molecule has 2 heterocycles. The minimum atomic E-state index is 0. The van der Waals surface area contributed by atoms with Crippen LogP contribution in [-0.2, 0) is 6.42 Å². The second-order valence-corrected chi connectivity index (χ2v) is 6.71. The van der Waals surface area contributed by atoms with Crippen molar-refractivity contribution in [3.63, 3.8) is 0 Å². The highest BCUT2D eigenvalue weighted by molar-refractivity contribution is 5.85. The molecule has 0 bridgehead atoms. The molecule has 0 radical (unpaired) electrons. The van der Waals surface area contributed by atoms with Crippen LogP contribution in [0.5, 0.6) is 17.4 Å². The summed E-state index contributed by atoms with van der Waals surface area (Å²) in [5.74, 6) is 1.07. The van der Waals surface area contributed by atoms with Crippen molar-refractivity contribution in [3.05, 3.63) is 95.3 Å². The van der Waals surface area contributed by atoms with Crippen molar-refractivity contribution < 1.29 is 14.9 Å². The number of aromatic nitrogens is 3. The summed E-state index contributed by atoms with van der Waals surface area (Å²) in [4.78, 5) is 4.29. The Balaban J connectivity index is 0.00000272. The summed E-state index contributed by atoms with van der Waals surface area (Å²) in [7, 11) is 1.51. The van der Waals surface area contributed by atoms with Gasteiger partial charge in [0.25, 0.3) is 0 Å². The SMILES string of the molecule is COc1cc(C=Cc2nn(-c3ccccn3)c(O)c2Cc2ccccc2)ccc1O.Cl. The van der Waals surface area contributed by atoms with Gasteiger partial charge in [0.15, 0.2) is 17.3 Å². The number of pyridine rings is 1. The first-order valence-corrected chi connectivity index (χ1v) is 9.47. The van der Waals surface area contributed by atoms with Crippen LogP contribution in [0.3, 0.4) is 0 Å². The van der Waals surface area contributed by atoms with Crippen molar-refractivity contribution in [2.45, 2.75) is 6.42 Å². The van der Waals surface area contributed by atoms with Gasteiger partial charge in [-0.25, -0.2) is 4.98 Å². The molecular weight excluding hydrogens is 414 g/mol. The lowest BCUT2D eigenvalue weighted by Crippen LogP contribution is -1.98. The third-order valence-corrected chi connectivity index (χ3v) is 4.71. The molecule has 0 aliphatic rings. The highest BCUT2D eigenvalue weighted by atomic mass is 35.5. The lowest BCUT2D eigenvalue weighted by atomic mass is 10.0. The number of methoxy groups -OCH3 is 1. The van der Waals surface area contributed by atoms with Crippen LogP contribution in [0, 0.1) is 0 Å². The van der Waals surface area contributed by atoms with Crippen LogP contribution in [-0.4, -0.2) is 32.1 Å². The number of benzene rings is 2. The van der Waals surface area contributed by atoms with Crippen LogP contribution in [0.25, 0.3) is 18.0 Å². The average Bonchev–Trinajstić information content (AvgIpc) is 3.10. The molecule has 2 N–H and O–H groups in total. The maximum atomic E-state index is 10.9. The lowest BCUT2D eigenvalue weighted by molar-refractivity contribution is 0.373. The molecule has 0 saturated carbocycles. The van der Waals surface area contributed by atoms with E-state index in [-0.39, 0.29) is 24.0 Å². The van der Waals surface area contributed by atoms with Crippen LogP contribution in [0.2, 0.25) is 0 Å². The number of phenols is 1. The molecule has 0 aliphatic heterocycles. The molecule has 4 aromatic rings. The molecular formula is C24H22ClN3O3. The molecule has 0 spiro atoms. The largest absolute Gasteiger partial charge is 0.504 e. The first kappa shape index (κ1) is 21.9. The van der Waals surface area contributed by atoms with E-state index in [9.17, 15) is 10.2 Å². The minimum Gasteiger partial charge on any atom is -0.504 e. The molecule has 0 aliphatic carbocycles. The van der Waals surface area contributed by atoms with Gasteiger partial charge in [0.05, 0.1) is 12.8 Å². The van der Waals surface area contributed by atoms with Gasteiger partial charge in [-0.15, -0.1) is 12.4 Å². The molecule has 0 saturated heterocycles. The van der Waals surface area contributed by atoms with Gasteiger partial charge in [0.1, 0.15) is 0 Å². The zero-order valence-electron chi connectivity index (χ0n) is 16.8. The van der Waals surface area contributed by atoms with E-state index >= 15 is 0 Å². The second-order valence-electron chi connectivity index (χ2n) is 6.71. The summed E-state index contributed by atoms with van der Waals surface area (Å²) >= 11 is 0. The molecule has 0 atom stereocenters. The number of rotatable bonds is 6. The topological polar surface area (TPSA) is 80.4 Å². The van der Waals surface area contributed by atoms with Gasteiger partial charge in [-0.05, 0) is 41.5 Å². The van der Waals surface area contributed by atoms with Gasteiger partial charge in [-0.3, -0.25) is 0 Å². The summed E-state index contributed by atoms with van der Waals surface area (Å²) in [6.07, 6.45) is 5.88. The lowest BCUT2D eigenvalue weighted by Gasteiger charge is -2.04. The molecule has 0 unspecified atom stereocenters. The van der Waals surface area contributed by atoms with E-state index in [0.29, 0.717) is 29.2 Å². The third-order valence-electron chi connectivity index (χ3n) is 4.71. The quantitative estimate of drug-likeness (QED) is 0.451. The molecule has 0 amide bonds. The summed E-state index contributed by atoms with van der Waals surface area (Å²) in [6.45, 7) is 0. The van der Waals surface area contributed by atoms with Crippen LogP contribution in [0.4, 0.5) is 0 Å². The number of phenolic OH excluding ortho intramolecular Hbond substituents is 1. The van der Waals surface area contributed by atoms with Crippen molar-refractivity contribution in [2.75, 3.05) is 7.11 Å². The summed E-state index contributed by atoms with van der Waals surface area (Å²) < 4.78 is 6.61. The Morgan fingerprint density at radius 2 is 1.74 bits per heavy atom. The summed E-state index contributed by atoms with van der Waals surface area (Å²) in [5.41, 5.74) is 3.24. The zero-order chi connectivity index (χ0) is 20.9. The standard InChI is InChI=1S/C24H21N3O3.ClH/c1-30-22-16-18(11-13-21(22)28)10-12-20-19(15-17-7-3-2-4-8-17)24(29)27(26-20)23-9-5-6-14-25-23;/h2-14,16,28-29H,15H2,1H3;1H. The molecule has 31 heavy (non-hydrogen) atoms. The molecule has 158 valence electrons. The highest BCUT2D eigenvalue weighted by Gasteiger charge is 2.18. The number of nitrogens with zero attached hydrogens (tertiary/aromatic N) is 3. The van der Waals surface area contributed by atoms with E-state index in [1.165, 1.54) is 11.8 Å². The fourth-order valence-corrected chi connectivity index (χ4v) is 3.17. The molecule has 7 heteroatoms. The normalized spacial score (nSPS) is 10.7. The molecule has 0 fully saturated rings. The van der Waals surface area contributed by atoms with E-state index in [0.717, 1.165) is 11.1 Å². The van der Waals surface area contributed by atoms with Gasteiger partial charge in [0, 0.05) is 18.2 Å². The molecule has 4 rings (SSSR count). The average molecular weight is 436 g/mol. The van der Waals surface area contributed by atoms with E-state index < -0.39 is 0 Å². The molecule has 6 nitrogen and oxygen atoms in total. The maximum absolute atomic E-state index is 10.9. The Morgan fingerprint density at radius 1 is 0.968 bits per heavy atom. The number of hydrogen-bond donors (Lipinski definition) is 2. The van der Waals surface area contributed by atoms with E-state index in [1.807, 2.05) is 54.6 Å². The minimum absolute atomic E-state index is 0. The van der Waals surface area contributed by atoms with Crippen molar-refractivity contribution in [1.82, 2.24) is 14.8 Å². The first-order chi connectivity index (χ1) is 14.7. The van der Waals surface area contributed by atoms with Gasteiger partial charge >= 0.3 is 0 Å². The van der Waals surface area contributed by atoms with Crippen molar-refractivity contribution in [1.29, 1.82) is 0 Å². The molecule has 2 aromatic carbocycles. The fraction of sp³-hybridized carbons (Fsp3) is 0.0833. The molecule has 2 aromatic heterocycles. The smallest absolute Gasteiger partial charge is 0.219 e. The Morgan fingerprint density at radius 3 is 2.45 bits per heavy atom. The maximum Gasteiger partial charge on any atom is 0.219 e. The Labute approximate surface area is 186 Å². The van der Waals surface area contributed by atoms with Crippen LogP contribution in [0.15, 0.2) is 72.9 Å². The van der Waals surface area contributed by atoms with Gasteiger partial charge in [-0.2, -0.15) is 9.78 Å². The van der Waals surface area contributed by atoms with Crippen molar-refractivity contribution in [3.8, 4) is 23.2 Å². The van der Waals surface area contributed by atoms with Crippen molar-refractivity contribution >= 4 is 24.6 Å². The van der Waals surface area contributed by atoms with E-state index in [1.54, 1.807) is 30.5 Å². The number of ether oxygens (including phenoxy) is 1. The van der Waals surface area contributed by atoms with Gasteiger partial charge in [-0.1, -0.05) is 48.5 Å². The van der Waals surface area contributed by atoms with Gasteiger partial charge < -0.3 is 14.9 Å². The first-order valence-electron chi connectivity index (χ1n) is 9.47. The Hall–Kier alpha value is -3.77. The number of halogens is 1. The highest BCUT2D eigenvalue weighted by Crippen LogP contribution is 2.30. The van der Waals surface area contributed by atoms with Gasteiger partial charge in [0.2, 0.25) is 5.88 Å². The summed E-state index contributed by atoms with van der Waals surface area (Å²) in [5, 5.41) is 25.3. The monoisotopic (exact) mass is 435 g/mol. The summed E-state index contributed by atoms with van der Waals surface area (Å²) in [6, 6.07) is 20.4. The number of hydrogen-bond acceptors (Lipinski definition) is 5. The Kier molecular flexibility index (Phi) is 6.95. The zero-order valence-corrected chi connectivity index (χ0v) is 17.7. The second kappa shape index (κ2) is 9.82.